The predicted molar refractivity (Wildman–Crippen MR) is 82.9 cm³/mol. The molecule has 1 aliphatic rings. The van der Waals surface area contributed by atoms with Gasteiger partial charge < -0.3 is 19.9 Å². The number of carboxylic acids is 1. The van der Waals surface area contributed by atoms with Crippen molar-refractivity contribution in [2.45, 2.75) is 71.0 Å². The summed E-state index contributed by atoms with van der Waals surface area (Å²) in [5, 5.41) is 11.7. The molecule has 23 heavy (non-hydrogen) atoms. The van der Waals surface area contributed by atoms with Gasteiger partial charge >= 0.3 is 18.0 Å². The maximum absolute atomic E-state index is 11.8. The first-order chi connectivity index (χ1) is 10.7. The maximum Gasteiger partial charge on any atom is 0.407 e. The number of nitrogens with one attached hydrogen (secondary N) is 1. The van der Waals surface area contributed by atoms with Crippen molar-refractivity contribution in [1.29, 1.82) is 0 Å². The molecule has 1 unspecified atom stereocenters. The molecule has 1 atom stereocenters. The van der Waals surface area contributed by atoms with Gasteiger partial charge in [-0.05, 0) is 33.6 Å². The second-order valence-electron chi connectivity index (χ2n) is 6.83. The molecule has 1 amide bonds. The Morgan fingerprint density at radius 1 is 1.17 bits per heavy atom. The SMILES string of the molecule is CC(C)(C)OC(=O)NCCC(=O)OC(C(=O)O)C1CCCCC1. The standard InChI is InChI=1S/C16H27NO6/c1-16(2,3)23-15(21)17-10-9-12(18)22-13(14(19)20)11-7-5-4-6-8-11/h11,13H,4-10H2,1-3H3,(H,17,21)(H,19,20). The van der Waals surface area contributed by atoms with E-state index in [0.29, 0.717) is 0 Å². The highest BCUT2D eigenvalue weighted by Crippen LogP contribution is 2.28. The number of aliphatic carboxylic acids is 1. The molecule has 0 aromatic heterocycles. The summed E-state index contributed by atoms with van der Waals surface area (Å²) in [5.41, 5.74) is -0.611. The van der Waals surface area contributed by atoms with E-state index in [1.54, 1.807) is 20.8 Å². The molecule has 1 saturated carbocycles. The summed E-state index contributed by atoms with van der Waals surface area (Å²) < 4.78 is 10.1. The largest absolute Gasteiger partial charge is 0.478 e. The molecule has 2 N–H and O–H groups in total. The zero-order valence-corrected chi connectivity index (χ0v) is 14.1. The summed E-state index contributed by atoms with van der Waals surface area (Å²) in [7, 11) is 0. The van der Waals surface area contributed by atoms with Crippen LogP contribution in [0.15, 0.2) is 0 Å². The Labute approximate surface area is 136 Å². The van der Waals surface area contributed by atoms with E-state index >= 15 is 0 Å². The highest BCUT2D eigenvalue weighted by molar-refractivity contribution is 5.78. The van der Waals surface area contributed by atoms with Crippen LogP contribution < -0.4 is 5.32 Å². The monoisotopic (exact) mass is 329 g/mol. The Kier molecular flexibility index (Phi) is 7.32. The number of hydrogen-bond acceptors (Lipinski definition) is 5. The number of amides is 1. The van der Waals surface area contributed by atoms with E-state index in [1.165, 1.54) is 0 Å². The van der Waals surface area contributed by atoms with Gasteiger partial charge in [-0.25, -0.2) is 9.59 Å². The Bertz CT molecular complexity index is 423. The molecular formula is C16H27NO6. The minimum Gasteiger partial charge on any atom is -0.478 e. The van der Waals surface area contributed by atoms with E-state index in [0.717, 1.165) is 32.1 Å². The van der Waals surface area contributed by atoms with Crippen LogP contribution in [0.4, 0.5) is 4.79 Å². The molecule has 0 bridgehead atoms. The van der Waals surface area contributed by atoms with Gasteiger partial charge in [-0.2, -0.15) is 0 Å². The number of ether oxygens (including phenoxy) is 2. The summed E-state index contributed by atoms with van der Waals surface area (Å²) in [4.78, 5) is 34.5. The summed E-state index contributed by atoms with van der Waals surface area (Å²) in [6.07, 6.45) is 2.75. The summed E-state index contributed by atoms with van der Waals surface area (Å²) in [6.45, 7) is 5.26. The van der Waals surface area contributed by atoms with E-state index < -0.39 is 29.7 Å². The Morgan fingerprint density at radius 2 is 1.78 bits per heavy atom. The van der Waals surface area contributed by atoms with Crippen molar-refractivity contribution >= 4 is 18.0 Å². The lowest BCUT2D eigenvalue weighted by Crippen LogP contribution is -2.37. The predicted octanol–water partition coefficient (Wildman–Crippen LogP) is 2.48. The van der Waals surface area contributed by atoms with Gasteiger partial charge in [-0.15, -0.1) is 0 Å². The quantitative estimate of drug-likeness (QED) is 0.726. The van der Waals surface area contributed by atoms with Crippen LogP contribution in [0.25, 0.3) is 0 Å². The molecule has 0 saturated heterocycles. The van der Waals surface area contributed by atoms with E-state index in [4.69, 9.17) is 9.47 Å². The van der Waals surface area contributed by atoms with Gasteiger partial charge in [0.05, 0.1) is 6.42 Å². The lowest BCUT2D eigenvalue weighted by atomic mass is 9.85. The second-order valence-corrected chi connectivity index (χ2v) is 6.83. The number of carbonyl (C=O) groups is 3. The average molecular weight is 329 g/mol. The first kappa shape index (κ1) is 19.3. The normalized spacial score (nSPS) is 17.2. The highest BCUT2D eigenvalue weighted by atomic mass is 16.6. The third-order valence-corrected chi connectivity index (χ3v) is 3.58. The molecule has 1 aliphatic carbocycles. The number of rotatable bonds is 6. The van der Waals surface area contributed by atoms with Crippen LogP contribution in [0.1, 0.15) is 59.3 Å². The van der Waals surface area contributed by atoms with Gasteiger partial charge in [0, 0.05) is 12.5 Å². The Hall–Kier alpha value is -1.79. The molecule has 132 valence electrons. The van der Waals surface area contributed by atoms with Crippen molar-refractivity contribution in [3.63, 3.8) is 0 Å². The van der Waals surface area contributed by atoms with Crippen molar-refractivity contribution in [1.82, 2.24) is 5.32 Å². The molecule has 7 heteroatoms. The van der Waals surface area contributed by atoms with Crippen LogP contribution in [0.3, 0.4) is 0 Å². The summed E-state index contributed by atoms with van der Waals surface area (Å²) in [5.74, 6) is -1.85. The number of carboxylic acid groups (broad SMARTS) is 1. The van der Waals surface area contributed by atoms with Gasteiger partial charge in [0.2, 0.25) is 6.10 Å². The molecular weight excluding hydrogens is 302 g/mol. The molecule has 0 heterocycles. The van der Waals surface area contributed by atoms with Crippen molar-refractivity contribution < 1.29 is 29.0 Å². The zero-order valence-electron chi connectivity index (χ0n) is 14.1. The molecule has 7 nitrogen and oxygen atoms in total. The van der Waals surface area contributed by atoms with Gasteiger partial charge in [0.25, 0.3) is 0 Å². The maximum atomic E-state index is 11.8. The highest BCUT2D eigenvalue weighted by Gasteiger charge is 2.32. The van der Waals surface area contributed by atoms with Crippen molar-refractivity contribution in [3.8, 4) is 0 Å². The van der Waals surface area contributed by atoms with Crippen LogP contribution in [0.2, 0.25) is 0 Å². The van der Waals surface area contributed by atoms with Gasteiger partial charge in [-0.3, -0.25) is 4.79 Å². The third-order valence-electron chi connectivity index (χ3n) is 3.58. The van der Waals surface area contributed by atoms with E-state index in [9.17, 15) is 19.5 Å². The Morgan fingerprint density at radius 3 is 2.30 bits per heavy atom. The van der Waals surface area contributed by atoms with Crippen molar-refractivity contribution in [2.24, 2.45) is 5.92 Å². The number of carbonyl (C=O) groups excluding carboxylic acids is 2. The Balaban J connectivity index is 2.35. The van der Waals surface area contributed by atoms with E-state index in [2.05, 4.69) is 5.32 Å². The fourth-order valence-corrected chi connectivity index (χ4v) is 2.57. The van der Waals surface area contributed by atoms with E-state index in [-0.39, 0.29) is 18.9 Å². The number of esters is 1. The van der Waals surface area contributed by atoms with Crippen molar-refractivity contribution in [2.75, 3.05) is 6.54 Å². The zero-order chi connectivity index (χ0) is 17.5. The summed E-state index contributed by atoms with van der Waals surface area (Å²) in [6, 6.07) is 0. The molecule has 1 fully saturated rings. The molecule has 0 aromatic carbocycles. The minimum absolute atomic E-state index is 0.0464. The van der Waals surface area contributed by atoms with Crippen LogP contribution >= 0.6 is 0 Å². The molecule has 0 spiro atoms. The lowest BCUT2D eigenvalue weighted by molar-refractivity contribution is -0.168. The average Bonchev–Trinajstić information content (AvgIpc) is 2.43. The fourth-order valence-electron chi connectivity index (χ4n) is 2.57. The molecule has 1 rings (SSSR count). The lowest BCUT2D eigenvalue weighted by Gasteiger charge is -2.27. The minimum atomic E-state index is -1.11. The summed E-state index contributed by atoms with van der Waals surface area (Å²) >= 11 is 0. The number of alkyl carbamates (subject to hydrolysis) is 1. The van der Waals surface area contributed by atoms with Crippen LogP contribution in [-0.2, 0) is 19.1 Å². The number of hydrogen-bond donors (Lipinski definition) is 2. The van der Waals surface area contributed by atoms with Gasteiger partial charge in [0.1, 0.15) is 5.60 Å². The molecule has 0 aliphatic heterocycles. The smallest absolute Gasteiger partial charge is 0.407 e. The molecule has 0 radical (unpaired) electrons. The second kappa shape index (κ2) is 8.74. The van der Waals surface area contributed by atoms with Crippen molar-refractivity contribution in [3.05, 3.63) is 0 Å². The first-order valence-corrected chi connectivity index (χ1v) is 8.08. The van der Waals surface area contributed by atoms with Gasteiger partial charge in [-0.1, -0.05) is 19.3 Å². The van der Waals surface area contributed by atoms with Crippen LogP contribution in [0.5, 0.6) is 0 Å². The van der Waals surface area contributed by atoms with Crippen LogP contribution in [0, 0.1) is 5.92 Å². The van der Waals surface area contributed by atoms with E-state index in [1.807, 2.05) is 0 Å². The first-order valence-electron chi connectivity index (χ1n) is 8.08. The fraction of sp³-hybridized carbons (Fsp3) is 0.812. The van der Waals surface area contributed by atoms with Gasteiger partial charge in [0.15, 0.2) is 0 Å². The topological polar surface area (TPSA) is 102 Å². The third kappa shape index (κ3) is 7.85. The molecule has 0 aromatic rings. The van der Waals surface area contributed by atoms with Crippen LogP contribution in [-0.4, -0.2) is 41.4 Å².